The first-order valence-corrected chi connectivity index (χ1v) is 9.18. The first-order valence-electron chi connectivity index (χ1n) is 8.80. The van der Waals surface area contributed by atoms with E-state index in [9.17, 15) is 23.6 Å². The van der Waals surface area contributed by atoms with Crippen molar-refractivity contribution in [1.29, 1.82) is 0 Å². The van der Waals surface area contributed by atoms with Crippen LogP contribution in [0.25, 0.3) is 0 Å². The Hall–Kier alpha value is -2.48. The maximum Gasteiger partial charge on any atom is 0.606 e. The zero-order valence-electron chi connectivity index (χ0n) is 15.3. The van der Waals surface area contributed by atoms with Gasteiger partial charge in [0, 0.05) is 25.3 Å². The van der Waals surface area contributed by atoms with Crippen LogP contribution in [0, 0.1) is 11.7 Å². The van der Waals surface area contributed by atoms with Gasteiger partial charge in [-0.05, 0) is 36.5 Å². The summed E-state index contributed by atoms with van der Waals surface area (Å²) in [7, 11) is -1.43. The predicted molar refractivity (Wildman–Crippen MR) is 98.4 cm³/mol. The maximum atomic E-state index is 13.9. The van der Waals surface area contributed by atoms with Crippen molar-refractivity contribution in [2.75, 3.05) is 0 Å². The first-order chi connectivity index (χ1) is 13.2. The van der Waals surface area contributed by atoms with E-state index in [2.05, 4.69) is 0 Å². The molecular weight excluding hydrogens is 389 g/mol. The quantitative estimate of drug-likeness (QED) is 0.532. The van der Waals surface area contributed by atoms with Crippen LogP contribution in [0.3, 0.4) is 0 Å². The Labute approximate surface area is 166 Å². The number of benzene rings is 1. The number of fused-ring (bicyclic) bond motifs is 1. The lowest BCUT2D eigenvalue weighted by molar-refractivity contribution is -0.137. The molecule has 0 saturated heterocycles. The van der Waals surface area contributed by atoms with E-state index in [0.717, 1.165) is 32.8 Å². The molecule has 0 amide bonds. The fourth-order valence-corrected chi connectivity index (χ4v) is 3.50. The fraction of sp³-hybridized carbons (Fsp3) is 0.368. The molecule has 0 spiro atoms. The SMILES string of the molecule is CC(=O)OB(CC(=O)C1=CC(C2CC2)c2cc(Cl)c(F)cc2C1=O)OC(C)=O. The van der Waals surface area contributed by atoms with Gasteiger partial charge < -0.3 is 9.31 Å². The topological polar surface area (TPSA) is 86.7 Å². The number of allylic oxidation sites excluding steroid dienone is 2. The highest BCUT2D eigenvalue weighted by molar-refractivity contribution is 6.55. The minimum absolute atomic E-state index is 0.0786. The van der Waals surface area contributed by atoms with Gasteiger partial charge in [-0.1, -0.05) is 17.7 Å². The molecule has 2 aliphatic carbocycles. The van der Waals surface area contributed by atoms with Crippen molar-refractivity contribution in [2.24, 2.45) is 5.92 Å². The summed E-state index contributed by atoms with van der Waals surface area (Å²) in [5.74, 6) is -3.47. The van der Waals surface area contributed by atoms with E-state index in [1.807, 2.05) is 0 Å². The average Bonchev–Trinajstić information content (AvgIpc) is 3.40. The van der Waals surface area contributed by atoms with Crippen LogP contribution in [-0.2, 0) is 23.7 Å². The minimum atomic E-state index is -1.43. The second-order valence-corrected chi connectivity index (χ2v) is 7.31. The van der Waals surface area contributed by atoms with Crippen molar-refractivity contribution in [3.05, 3.63) is 45.7 Å². The minimum Gasteiger partial charge on any atom is -0.499 e. The molecule has 9 heteroatoms. The highest BCUT2D eigenvalue weighted by Gasteiger charge is 2.40. The molecule has 0 aromatic heterocycles. The van der Waals surface area contributed by atoms with E-state index in [1.165, 1.54) is 6.07 Å². The number of halogens is 2. The van der Waals surface area contributed by atoms with E-state index < -0.39 is 42.8 Å². The summed E-state index contributed by atoms with van der Waals surface area (Å²) in [6.45, 7) is 2.22. The van der Waals surface area contributed by atoms with Gasteiger partial charge in [0.05, 0.1) is 16.9 Å². The zero-order valence-corrected chi connectivity index (χ0v) is 16.0. The summed E-state index contributed by atoms with van der Waals surface area (Å²) in [6.07, 6.45) is 2.92. The van der Waals surface area contributed by atoms with Crippen LogP contribution in [0.15, 0.2) is 23.8 Å². The van der Waals surface area contributed by atoms with E-state index in [1.54, 1.807) is 6.08 Å². The van der Waals surface area contributed by atoms with Crippen molar-refractivity contribution in [2.45, 2.75) is 38.9 Å². The van der Waals surface area contributed by atoms with Crippen LogP contribution >= 0.6 is 11.6 Å². The molecular formula is C19H17BClFO6. The van der Waals surface area contributed by atoms with Crippen molar-refractivity contribution in [3.63, 3.8) is 0 Å². The van der Waals surface area contributed by atoms with Gasteiger partial charge in [-0.25, -0.2) is 4.39 Å². The summed E-state index contributed by atoms with van der Waals surface area (Å²) in [6, 6.07) is 2.48. The second-order valence-electron chi connectivity index (χ2n) is 6.90. The number of hydrogen-bond donors (Lipinski definition) is 0. The van der Waals surface area contributed by atoms with Gasteiger partial charge in [-0.3, -0.25) is 19.2 Å². The number of carbonyl (C=O) groups is 4. The molecule has 28 heavy (non-hydrogen) atoms. The number of hydrogen-bond acceptors (Lipinski definition) is 6. The van der Waals surface area contributed by atoms with E-state index in [-0.39, 0.29) is 28.0 Å². The number of Topliss-reactive ketones (excluding diaryl/α,β-unsaturated/α-hetero) is 2. The molecule has 1 fully saturated rings. The van der Waals surface area contributed by atoms with E-state index >= 15 is 0 Å². The summed E-state index contributed by atoms with van der Waals surface area (Å²) in [4.78, 5) is 47.9. The second kappa shape index (κ2) is 7.87. The predicted octanol–water partition coefficient (Wildman–Crippen LogP) is 3.28. The maximum absolute atomic E-state index is 13.9. The fourth-order valence-electron chi connectivity index (χ4n) is 3.33. The monoisotopic (exact) mass is 406 g/mol. The number of carbonyl (C=O) groups excluding carboxylic acids is 4. The third-order valence-corrected chi connectivity index (χ3v) is 4.95. The van der Waals surface area contributed by atoms with Crippen LogP contribution in [-0.4, -0.2) is 30.6 Å². The Bertz CT molecular complexity index is 892. The Kier molecular flexibility index (Phi) is 5.70. The van der Waals surface area contributed by atoms with Gasteiger partial charge in [-0.15, -0.1) is 0 Å². The van der Waals surface area contributed by atoms with Crippen molar-refractivity contribution in [1.82, 2.24) is 0 Å². The lowest BCUT2D eigenvalue weighted by Gasteiger charge is -2.24. The Morgan fingerprint density at radius 1 is 1.18 bits per heavy atom. The summed E-state index contributed by atoms with van der Waals surface area (Å²) >= 11 is 5.88. The van der Waals surface area contributed by atoms with Gasteiger partial charge in [0.2, 0.25) is 0 Å². The number of rotatable bonds is 6. The highest BCUT2D eigenvalue weighted by Crippen LogP contribution is 2.48. The molecule has 0 bridgehead atoms. The largest absolute Gasteiger partial charge is 0.606 e. The van der Waals surface area contributed by atoms with Crippen LogP contribution in [0.2, 0.25) is 11.3 Å². The third kappa shape index (κ3) is 4.33. The van der Waals surface area contributed by atoms with E-state index in [4.69, 9.17) is 20.9 Å². The van der Waals surface area contributed by atoms with Crippen molar-refractivity contribution < 1.29 is 32.9 Å². The molecule has 0 N–H and O–H groups in total. The smallest absolute Gasteiger partial charge is 0.499 e. The van der Waals surface area contributed by atoms with Gasteiger partial charge >= 0.3 is 7.12 Å². The van der Waals surface area contributed by atoms with Crippen LogP contribution in [0.4, 0.5) is 4.39 Å². The standard InChI is InChI=1S/C19H17BClFO6/c1-9(23)27-20(28-10(2)24)8-18(25)15-5-12(11-3-4-11)13-6-16(21)17(22)7-14(13)19(15)26/h5-7,11-12H,3-4,8H2,1-2H3. The molecule has 1 unspecified atom stereocenters. The summed E-state index contributed by atoms with van der Waals surface area (Å²) in [5.41, 5.74) is 0.573. The van der Waals surface area contributed by atoms with Crippen LogP contribution < -0.4 is 0 Å². The molecule has 146 valence electrons. The molecule has 0 heterocycles. The van der Waals surface area contributed by atoms with Crippen LogP contribution in [0.1, 0.15) is 48.5 Å². The van der Waals surface area contributed by atoms with Gasteiger partial charge in [0.25, 0.3) is 11.9 Å². The third-order valence-electron chi connectivity index (χ3n) is 4.66. The Morgan fingerprint density at radius 2 is 1.79 bits per heavy atom. The van der Waals surface area contributed by atoms with Crippen LogP contribution in [0.5, 0.6) is 0 Å². The number of ketones is 2. The first kappa shape index (κ1) is 20.3. The zero-order chi connectivity index (χ0) is 20.6. The molecule has 0 aliphatic heterocycles. The van der Waals surface area contributed by atoms with Crippen molar-refractivity contribution in [3.8, 4) is 0 Å². The van der Waals surface area contributed by atoms with Gasteiger partial charge in [-0.2, -0.15) is 0 Å². The summed E-state index contributed by atoms with van der Waals surface area (Å²) in [5, 5.41) is -0.0786. The molecule has 1 aromatic carbocycles. The molecule has 6 nitrogen and oxygen atoms in total. The molecule has 3 rings (SSSR count). The van der Waals surface area contributed by atoms with E-state index in [0.29, 0.717) is 5.56 Å². The molecule has 1 atom stereocenters. The molecule has 1 aromatic rings. The lowest BCUT2D eigenvalue weighted by atomic mass is 9.74. The lowest BCUT2D eigenvalue weighted by Crippen LogP contribution is -2.32. The van der Waals surface area contributed by atoms with Gasteiger partial charge in [0.15, 0.2) is 11.6 Å². The molecule has 0 radical (unpaired) electrons. The summed E-state index contributed by atoms with van der Waals surface area (Å²) < 4.78 is 23.6. The Balaban J connectivity index is 1.91. The molecule has 2 aliphatic rings. The average molecular weight is 407 g/mol. The van der Waals surface area contributed by atoms with Gasteiger partial charge in [0.1, 0.15) is 5.82 Å². The highest BCUT2D eigenvalue weighted by atomic mass is 35.5. The normalized spacial score (nSPS) is 18.1. The van der Waals surface area contributed by atoms with Crippen molar-refractivity contribution >= 4 is 42.2 Å². The molecule has 1 saturated carbocycles. The Morgan fingerprint density at radius 3 is 2.32 bits per heavy atom.